The highest BCUT2D eigenvalue weighted by Crippen LogP contribution is 2.33. The average Bonchev–Trinajstić information content (AvgIpc) is 2.34. The number of nitrogens with zero attached hydrogens (tertiary/aromatic N) is 2. The van der Waals surface area contributed by atoms with Crippen LogP contribution in [0.1, 0.15) is 0 Å². The fourth-order valence-electron chi connectivity index (χ4n) is 0.824. The molecule has 0 aromatic carbocycles. The second-order valence-electron chi connectivity index (χ2n) is 1.97. The molecule has 2 rings (SSSR count). The van der Waals surface area contributed by atoms with Gasteiger partial charge >= 0.3 is 0 Å². The van der Waals surface area contributed by atoms with Gasteiger partial charge in [-0.1, -0.05) is 11.6 Å². The predicted molar refractivity (Wildman–Crippen MR) is 44.1 cm³/mol. The molecule has 2 aromatic heterocycles. The molecule has 56 valence electrons. The predicted octanol–water partition coefficient (Wildman–Crippen LogP) is 2.05. The van der Waals surface area contributed by atoms with Crippen LogP contribution >= 0.6 is 22.9 Å². The third-order valence-electron chi connectivity index (χ3n) is 1.30. The van der Waals surface area contributed by atoms with Gasteiger partial charge in [0.15, 0.2) is 0 Å². The van der Waals surface area contributed by atoms with E-state index in [0.29, 0.717) is 15.4 Å². The van der Waals surface area contributed by atoms with Crippen LogP contribution in [-0.4, -0.2) is 15.1 Å². The molecule has 0 aliphatic carbocycles. The van der Waals surface area contributed by atoms with Gasteiger partial charge in [-0.05, 0) is 0 Å². The number of hydrogen-bond acceptors (Lipinski definition) is 4. The van der Waals surface area contributed by atoms with Gasteiger partial charge in [0.05, 0.1) is 5.39 Å². The summed E-state index contributed by atoms with van der Waals surface area (Å²) in [5.41, 5.74) is 0. The molecule has 0 aliphatic rings. The topological polar surface area (TPSA) is 46.0 Å². The van der Waals surface area contributed by atoms with E-state index in [4.69, 9.17) is 11.6 Å². The van der Waals surface area contributed by atoms with Crippen molar-refractivity contribution in [2.24, 2.45) is 0 Å². The molecule has 0 bridgehead atoms. The Hall–Kier alpha value is -0.870. The van der Waals surface area contributed by atoms with Gasteiger partial charge in [-0.3, -0.25) is 0 Å². The Morgan fingerprint density at radius 1 is 1.45 bits per heavy atom. The molecule has 0 fully saturated rings. The maximum atomic E-state index is 9.24. The normalized spacial score (nSPS) is 10.6. The summed E-state index contributed by atoms with van der Waals surface area (Å²) in [6.45, 7) is 0. The van der Waals surface area contributed by atoms with Crippen LogP contribution in [0.2, 0.25) is 5.15 Å². The van der Waals surface area contributed by atoms with E-state index in [0.717, 1.165) is 0 Å². The zero-order valence-electron chi connectivity index (χ0n) is 5.28. The molecule has 0 atom stereocenters. The second-order valence-corrected chi connectivity index (χ2v) is 3.18. The third-order valence-corrected chi connectivity index (χ3v) is 2.47. The molecule has 0 spiro atoms. The summed E-state index contributed by atoms with van der Waals surface area (Å²) in [6.07, 6.45) is 1.38. The van der Waals surface area contributed by atoms with Crippen LogP contribution in [0.25, 0.3) is 10.2 Å². The second kappa shape index (κ2) is 2.32. The third kappa shape index (κ3) is 0.948. The van der Waals surface area contributed by atoms with Crippen molar-refractivity contribution in [1.82, 2.24) is 9.97 Å². The van der Waals surface area contributed by atoms with Crippen molar-refractivity contribution in [1.29, 1.82) is 0 Å². The van der Waals surface area contributed by atoms with E-state index in [1.807, 2.05) is 0 Å². The standard InChI is InChI=1S/C6H3ClN2OS/c7-5-4-3(10)1-11-6(4)9-2-8-5/h1-2,10H. The molecule has 0 saturated heterocycles. The molecule has 0 unspecified atom stereocenters. The van der Waals surface area contributed by atoms with Crippen LogP contribution in [0, 0.1) is 0 Å². The highest BCUT2D eigenvalue weighted by Gasteiger charge is 2.07. The molecule has 5 heteroatoms. The zero-order valence-corrected chi connectivity index (χ0v) is 6.85. The molecular formula is C6H3ClN2OS. The van der Waals surface area contributed by atoms with Gasteiger partial charge in [0.1, 0.15) is 22.1 Å². The van der Waals surface area contributed by atoms with Crippen molar-refractivity contribution < 1.29 is 5.11 Å². The van der Waals surface area contributed by atoms with Gasteiger partial charge in [0.2, 0.25) is 0 Å². The van der Waals surface area contributed by atoms with Gasteiger partial charge in [0, 0.05) is 5.38 Å². The lowest BCUT2D eigenvalue weighted by Gasteiger charge is -1.90. The Kier molecular flexibility index (Phi) is 1.44. The van der Waals surface area contributed by atoms with Gasteiger partial charge in [0.25, 0.3) is 0 Å². The molecule has 0 aliphatic heterocycles. The van der Waals surface area contributed by atoms with Crippen LogP contribution in [0.5, 0.6) is 5.75 Å². The Bertz CT molecular complexity index is 400. The van der Waals surface area contributed by atoms with Crippen LogP contribution in [0.15, 0.2) is 11.7 Å². The zero-order chi connectivity index (χ0) is 7.84. The average molecular weight is 187 g/mol. The number of rotatable bonds is 0. The van der Waals surface area contributed by atoms with Crippen molar-refractivity contribution in [2.45, 2.75) is 0 Å². The molecule has 2 heterocycles. The summed E-state index contributed by atoms with van der Waals surface area (Å²) in [6, 6.07) is 0. The van der Waals surface area contributed by atoms with Gasteiger partial charge in [-0.25, -0.2) is 9.97 Å². The lowest BCUT2D eigenvalue weighted by molar-refractivity contribution is 0.483. The van der Waals surface area contributed by atoms with Crippen molar-refractivity contribution in [3.63, 3.8) is 0 Å². The Labute approximate surface area is 71.3 Å². The summed E-state index contributed by atoms with van der Waals surface area (Å²) >= 11 is 7.04. The quantitative estimate of drug-likeness (QED) is 0.641. The van der Waals surface area contributed by atoms with E-state index in [2.05, 4.69) is 9.97 Å². The van der Waals surface area contributed by atoms with Crippen molar-refractivity contribution in [2.75, 3.05) is 0 Å². The summed E-state index contributed by atoms with van der Waals surface area (Å²) in [4.78, 5) is 8.38. The minimum absolute atomic E-state index is 0.149. The van der Waals surface area contributed by atoms with Crippen molar-refractivity contribution >= 4 is 33.2 Å². The summed E-state index contributed by atoms with van der Waals surface area (Å²) in [5, 5.41) is 11.7. The maximum absolute atomic E-state index is 9.24. The minimum Gasteiger partial charge on any atom is -0.506 e. The molecule has 3 nitrogen and oxygen atoms in total. The summed E-state index contributed by atoms with van der Waals surface area (Å²) in [7, 11) is 0. The van der Waals surface area contributed by atoms with Gasteiger partial charge < -0.3 is 5.11 Å². The SMILES string of the molecule is Oc1csc2ncnc(Cl)c12. The van der Waals surface area contributed by atoms with E-state index >= 15 is 0 Å². The molecular weight excluding hydrogens is 184 g/mol. The fraction of sp³-hybridized carbons (Fsp3) is 0. The lowest BCUT2D eigenvalue weighted by atomic mass is 10.4. The van der Waals surface area contributed by atoms with E-state index < -0.39 is 0 Å². The largest absolute Gasteiger partial charge is 0.506 e. The Morgan fingerprint density at radius 2 is 2.27 bits per heavy atom. The first kappa shape index (κ1) is 6.82. The van der Waals surface area contributed by atoms with E-state index in [1.54, 1.807) is 5.38 Å². The van der Waals surface area contributed by atoms with E-state index in [9.17, 15) is 5.11 Å². The van der Waals surface area contributed by atoms with E-state index in [-0.39, 0.29) is 5.75 Å². The molecule has 0 amide bonds. The smallest absolute Gasteiger partial charge is 0.144 e. The first-order valence-corrected chi connectivity index (χ1v) is 4.11. The highest BCUT2D eigenvalue weighted by atomic mass is 35.5. The molecule has 1 N–H and O–H groups in total. The number of hydrogen-bond donors (Lipinski definition) is 1. The number of thiophene rings is 1. The molecule has 0 saturated carbocycles. The van der Waals surface area contributed by atoms with Crippen molar-refractivity contribution in [3.8, 4) is 5.75 Å². The summed E-state index contributed by atoms with van der Waals surface area (Å²) in [5.74, 6) is 0.149. The van der Waals surface area contributed by atoms with Crippen LogP contribution in [-0.2, 0) is 0 Å². The number of aromatic nitrogens is 2. The highest BCUT2D eigenvalue weighted by molar-refractivity contribution is 7.17. The van der Waals surface area contributed by atoms with Crippen LogP contribution in [0.3, 0.4) is 0 Å². The first-order valence-electron chi connectivity index (χ1n) is 2.85. The number of aromatic hydroxyl groups is 1. The lowest BCUT2D eigenvalue weighted by Crippen LogP contribution is -1.77. The molecule has 2 aromatic rings. The fourth-order valence-corrected chi connectivity index (χ4v) is 1.88. The monoisotopic (exact) mass is 186 g/mol. The Morgan fingerprint density at radius 3 is 3.00 bits per heavy atom. The number of halogens is 1. The summed E-state index contributed by atoms with van der Waals surface area (Å²) < 4.78 is 0. The van der Waals surface area contributed by atoms with Gasteiger partial charge in [-0.15, -0.1) is 11.3 Å². The van der Waals surface area contributed by atoms with Gasteiger partial charge in [-0.2, -0.15) is 0 Å². The Balaban J connectivity index is 2.96. The van der Waals surface area contributed by atoms with Crippen LogP contribution in [0.4, 0.5) is 0 Å². The minimum atomic E-state index is 0.149. The molecule has 11 heavy (non-hydrogen) atoms. The molecule has 0 radical (unpaired) electrons. The van der Waals surface area contributed by atoms with Crippen molar-refractivity contribution in [3.05, 3.63) is 16.9 Å². The van der Waals surface area contributed by atoms with Crippen LogP contribution < -0.4 is 0 Å². The van der Waals surface area contributed by atoms with E-state index in [1.165, 1.54) is 17.7 Å². The maximum Gasteiger partial charge on any atom is 0.144 e. The number of fused-ring (bicyclic) bond motifs is 1. The first-order chi connectivity index (χ1) is 5.29.